The van der Waals surface area contributed by atoms with Gasteiger partial charge in [0.25, 0.3) is 11.1 Å². The normalized spacial score (nSPS) is 15.9. The Labute approximate surface area is 367 Å². The minimum atomic E-state index is -0.506. The highest BCUT2D eigenvalue weighted by Gasteiger charge is 2.29. The Hall–Kier alpha value is -5.50. The molecule has 0 fully saturated rings. The van der Waals surface area contributed by atoms with E-state index in [0.717, 1.165) is 0 Å². The Morgan fingerprint density at radius 3 is 1.58 bits per heavy atom. The van der Waals surface area contributed by atoms with Crippen LogP contribution in [0, 0.1) is 52.1 Å². The van der Waals surface area contributed by atoms with E-state index in [2.05, 4.69) is 30.6 Å². The van der Waals surface area contributed by atoms with E-state index in [1.807, 2.05) is 67.5 Å². The number of rotatable bonds is 9. The van der Waals surface area contributed by atoms with Crippen LogP contribution in [0.4, 0.5) is 8.78 Å². The molecule has 6 heterocycles. The maximum Gasteiger partial charge on any atom is 0.272 e. The summed E-state index contributed by atoms with van der Waals surface area (Å²) in [5, 5.41) is 25.8. The Bertz CT molecular complexity index is 2570. The van der Waals surface area contributed by atoms with Crippen molar-refractivity contribution in [3.8, 4) is 34.7 Å². The van der Waals surface area contributed by atoms with Gasteiger partial charge in [-0.2, -0.15) is 10.5 Å². The molecule has 4 aromatic rings. The first kappa shape index (κ1) is 47.5. The average Bonchev–Trinajstić information content (AvgIpc) is 3.21. The number of amides is 2. The molecule has 19 heteroatoms. The molecule has 328 valence electrons. The fraction of sp³-hybridized carbons (Fsp3) is 0.488. The Morgan fingerprint density at radius 2 is 1.23 bits per heavy atom. The summed E-state index contributed by atoms with van der Waals surface area (Å²) in [6.07, 6.45) is 2.91. The van der Waals surface area contributed by atoms with Gasteiger partial charge in [0.1, 0.15) is 41.5 Å². The van der Waals surface area contributed by atoms with E-state index >= 15 is 0 Å². The summed E-state index contributed by atoms with van der Waals surface area (Å²) in [5.74, 6) is -0.0310. The van der Waals surface area contributed by atoms with Crippen molar-refractivity contribution in [2.45, 2.75) is 89.6 Å². The van der Waals surface area contributed by atoms with Gasteiger partial charge in [-0.3, -0.25) is 38.3 Å². The summed E-state index contributed by atoms with van der Waals surface area (Å²) in [6, 6.07) is 6.40. The van der Waals surface area contributed by atoms with Gasteiger partial charge in [0, 0.05) is 96.9 Å². The summed E-state index contributed by atoms with van der Waals surface area (Å²) in [5.41, 5.74) is -0.715. The van der Waals surface area contributed by atoms with Crippen LogP contribution in [0.2, 0.25) is 0 Å². The second-order valence-electron chi connectivity index (χ2n) is 17.4. The predicted octanol–water partition coefficient (Wildman–Crippen LogP) is 5.21. The molecule has 0 bridgehead atoms. The highest BCUT2D eigenvalue weighted by molar-refractivity contribution is 7.99. The van der Waals surface area contributed by atoms with Crippen LogP contribution in [-0.4, -0.2) is 79.2 Å². The summed E-state index contributed by atoms with van der Waals surface area (Å²) >= 11 is 2.75. The van der Waals surface area contributed by atoms with Gasteiger partial charge >= 0.3 is 0 Å². The van der Waals surface area contributed by atoms with Crippen molar-refractivity contribution >= 4 is 35.3 Å². The maximum absolute atomic E-state index is 14.7. The van der Waals surface area contributed by atoms with E-state index in [0.29, 0.717) is 64.9 Å². The number of aromatic nitrogens is 6. The highest BCUT2D eigenvalue weighted by atomic mass is 32.2. The van der Waals surface area contributed by atoms with Crippen LogP contribution in [-0.2, 0) is 38.2 Å². The number of pyridine rings is 2. The molecule has 15 nitrogen and oxygen atoms in total. The number of nitriles is 2. The molecule has 2 unspecified atom stereocenters. The number of hydrogen-bond acceptors (Lipinski definition) is 13. The van der Waals surface area contributed by atoms with Crippen molar-refractivity contribution in [3.63, 3.8) is 0 Å². The van der Waals surface area contributed by atoms with Crippen LogP contribution >= 0.6 is 23.5 Å². The zero-order valence-electron chi connectivity index (χ0n) is 36.2. The number of ether oxygens (including phenoxy) is 1. The predicted molar refractivity (Wildman–Crippen MR) is 231 cm³/mol. The fourth-order valence-electron chi connectivity index (χ4n) is 6.61. The first-order valence-corrected chi connectivity index (χ1v) is 21.9. The number of carbonyl (C=O) groups is 2. The number of nitrogens with zero attached hydrogens (tertiary/aromatic N) is 8. The van der Waals surface area contributed by atoms with Crippen molar-refractivity contribution in [1.29, 1.82) is 10.5 Å². The topological polar surface area (TPSA) is 211 Å². The Kier molecular flexibility index (Phi) is 15.1. The molecule has 4 aromatic heterocycles. The van der Waals surface area contributed by atoms with Gasteiger partial charge in [-0.15, -0.1) is 0 Å². The summed E-state index contributed by atoms with van der Waals surface area (Å²) in [6.45, 7) is 16.3. The third-order valence-electron chi connectivity index (χ3n) is 9.87. The van der Waals surface area contributed by atoms with Crippen LogP contribution in [0.3, 0.4) is 0 Å². The molecule has 0 spiro atoms. The second kappa shape index (κ2) is 19.7. The lowest BCUT2D eigenvalue weighted by molar-refractivity contribution is -0.125. The molecule has 2 aliphatic rings. The molecule has 0 saturated heterocycles. The molecule has 2 aliphatic heterocycles. The van der Waals surface area contributed by atoms with Gasteiger partial charge in [0.2, 0.25) is 11.8 Å². The van der Waals surface area contributed by atoms with E-state index in [-0.39, 0.29) is 64.3 Å². The van der Waals surface area contributed by atoms with Crippen molar-refractivity contribution < 1.29 is 23.1 Å². The molecular formula is C43H50F2N10O5S2. The SMILES string of the molecule is CC(C)C(=O)NCC1CSc2nc(-c3cnc(C(C)(C)C)c(F)c3)c(C#N)c(=O)n2C1.COCC(=O)NCC1CSc2nc(-c3cnc(C(C)(C)C)c(F)c3)c(C#N)c(=O)n2C1. The van der Waals surface area contributed by atoms with Crippen molar-refractivity contribution in [1.82, 2.24) is 39.7 Å². The summed E-state index contributed by atoms with van der Waals surface area (Å²) in [7, 11) is 1.44. The molecule has 6 rings (SSSR count). The van der Waals surface area contributed by atoms with Crippen LogP contribution in [0.1, 0.15) is 77.9 Å². The summed E-state index contributed by atoms with van der Waals surface area (Å²) in [4.78, 5) is 66.9. The molecule has 2 amide bonds. The molecule has 0 saturated carbocycles. The number of hydrogen-bond donors (Lipinski definition) is 2. The van der Waals surface area contributed by atoms with Crippen LogP contribution in [0.5, 0.6) is 0 Å². The smallest absolute Gasteiger partial charge is 0.272 e. The Balaban J connectivity index is 0.000000234. The number of carbonyl (C=O) groups excluding carboxylic acids is 2. The van der Waals surface area contributed by atoms with Crippen LogP contribution in [0.15, 0.2) is 44.4 Å². The second-order valence-corrected chi connectivity index (χ2v) is 19.4. The quantitative estimate of drug-likeness (QED) is 0.207. The standard InChI is InChI=1S/C22H26FN5O2S.C21H24FN5O3S/c1-12(2)19(29)26-8-13-10-28-20(30)15(7-24)17(27-21(28)31-11-13)14-6-16(23)18(25-9-14)22(3,4)5;1-21(2,3)18-15(22)5-13(8-25-18)17-14(6-23)19(29)27-9-12(11-31-20(27)26-17)7-24-16(28)10-30-4/h6,9,12-13H,8,10-11H2,1-5H3,(H,26,29);5,8,12H,7,9-11H2,1-4H3,(H,24,28). The fourth-order valence-corrected chi connectivity index (χ4v) is 8.77. The van der Waals surface area contributed by atoms with Crippen LogP contribution < -0.4 is 21.8 Å². The number of nitrogens with one attached hydrogen (secondary N) is 2. The van der Waals surface area contributed by atoms with Crippen molar-refractivity contribution in [3.05, 3.63) is 79.4 Å². The molecule has 0 radical (unpaired) electrons. The minimum Gasteiger partial charge on any atom is -0.375 e. The maximum atomic E-state index is 14.7. The van der Waals surface area contributed by atoms with Gasteiger partial charge < -0.3 is 15.4 Å². The van der Waals surface area contributed by atoms with Gasteiger partial charge in [0.05, 0.1) is 22.8 Å². The lowest BCUT2D eigenvalue weighted by Gasteiger charge is -2.26. The Morgan fingerprint density at radius 1 is 0.806 bits per heavy atom. The molecule has 2 atom stereocenters. The number of methoxy groups -OCH3 is 1. The number of thioether (sulfide) groups is 2. The molecular weight excluding hydrogens is 839 g/mol. The minimum absolute atomic E-state index is 0.000351. The largest absolute Gasteiger partial charge is 0.375 e. The summed E-state index contributed by atoms with van der Waals surface area (Å²) < 4.78 is 37.0. The average molecular weight is 889 g/mol. The first-order valence-electron chi connectivity index (χ1n) is 19.9. The van der Waals surface area contributed by atoms with E-state index in [1.54, 1.807) is 0 Å². The van der Waals surface area contributed by atoms with E-state index in [9.17, 15) is 38.5 Å². The van der Waals surface area contributed by atoms with Gasteiger partial charge in [0.15, 0.2) is 10.3 Å². The van der Waals surface area contributed by atoms with Crippen molar-refractivity contribution in [2.75, 3.05) is 38.3 Å². The van der Waals surface area contributed by atoms with Gasteiger partial charge in [-0.05, 0) is 12.1 Å². The number of halogens is 2. The lowest BCUT2D eigenvalue weighted by Crippen LogP contribution is -2.39. The molecule has 0 aromatic carbocycles. The molecule has 62 heavy (non-hydrogen) atoms. The molecule has 2 N–H and O–H groups in total. The number of fused-ring (bicyclic) bond motifs is 2. The van der Waals surface area contributed by atoms with E-state index < -0.39 is 33.6 Å². The zero-order chi connectivity index (χ0) is 45.7. The van der Waals surface area contributed by atoms with E-state index in [4.69, 9.17) is 4.74 Å². The lowest BCUT2D eigenvalue weighted by atomic mass is 9.90. The zero-order valence-corrected chi connectivity index (χ0v) is 37.8. The van der Waals surface area contributed by atoms with Crippen LogP contribution in [0.25, 0.3) is 22.5 Å². The monoisotopic (exact) mass is 888 g/mol. The molecule has 0 aliphatic carbocycles. The van der Waals surface area contributed by atoms with Gasteiger partial charge in [-0.1, -0.05) is 78.9 Å². The van der Waals surface area contributed by atoms with E-state index in [1.165, 1.54) is 64.3 Å². The van der Waals surface area contributed by atoms with Crippen molar-refractivity contribution in [2.24, 2.45) is 17.8 Å². The third kappa shape index (κ3) is 10.9. The third-order valence-corrected chi connectivity index (χ3v) is 12.3. The van der Waals surface area contributed by atoms with Gasteiger partial charge in [-0.25, -0.2) is 18.7 Å². The highest BCUT2D eigenvalue weighted by Crippen LogP contribution is 2.33. The first-order chi connectivity index (χ1) is 29.2.